The highest BCUT2D eigenvalue weighted by Gasteiger charge is 2.31. The van der Waals surface area contributed by atoms with Gasteiger partial charge in [-0.25, -0.2) is 0 Å². The topological polar surface area (TPSA) is 17.1 Å². The molecule has 0 bridgehead atoms. The number of hydrogen-bond donors (Lipinski definition) is 0. The van der Waals surface area contributed by atoms with E-state index in [2.05, 4.69) is 20.8 Å². The minimum atomic E-state index is 0.359. The van der Waals surface area contributed by atoms with Crippen molar-refractivity contribution < 1.29 is 4.79 Å². The number of rotatable bonds is 1. The molecule has 0 spiro atoms. The molecular weight excluding hydrogens is 160 g/mol. The van der Waals surface area contributed by atoms with E-state index in [0.717, 1.165) is 18.8 Å². The molecule has 2 unspecified atom stereocenters. The first kappa shape index (κ1) is 10.7. The molecule has 0 N–H and O–H groups in total. The van der Waals surface area contributed by atoms with E-state index >= 15 is 0 Å². The summed E-state index contributed by atoms with van der Waals surface area (Å²) in [7, 11) is 0. The first-order chi connectivity index (χ1) is 5.91. The molecule has 76 valence electrons. The van der Waals surface area contributed by atoms with Crippen LogP contribution < -0.4 is 0 Å². The Balaban J connectivity index is 2.57. The predicted molar refractivity (Wildman–Crippen MR) is 55.6 cm³/mol. The molecule has 1 rings (SSSR count). The highest BCUT2D eigenvalue weighted by atomic mass is 16.1. The van der Waals surface area contributed by atoms with Gasteiger partial charge in [-0.2, -0.15) is 0 Å². The third-order valence-corrected chi connectivity index (χ3v) is 3.47. The molecule has 0 aliphatic heterocycles. The molecule has 13 heavy (non-hydrogen) atoms. The van der Waals surface area contributed by atoms with E-state index in [1.54, 1.807) is 6.92 Å². The standard InChI is InChI=1S/C12H22O/c1-9(13)10-6-5-7-11(8-10)12(2,3)4/h10-11H,5-8H2,1-4H3. The van der Waals surface area contributed by atoms with Gasteiger partial charge in [-0.05, 0) is 37.5 Å². The van der Waals surface area contributed by atoms with Crippen LogP contribution in [0.1, 0.15) is 53.4 Å². The van der Waals surface area contributed by atoms with Crippen LogP contribution in [0.4, 0.5) is 0 Å². The smallest absolute Gasteiger partial charge is 0.132 e. The van der Waals surface area contributed by atoms with E-state index in [4.69, 9.17) is 0 Å². The molecule has 0 heterocycles. The lowest BCUT2D eigenvalue weighted by molar-refractivity contribution is -0.122. The van der Waals surface area contributed by atoms with Crippen LogP contribution in [0.5, 0.6) is 0 Å². The van der Waals surface area contributed by atoms with Crippen molar-refractivity contribution in [2.24, 2.45) is 17.3 Å². The zero-order valence-corrected chi connectivity index (χ0v) is 9.39. The Morgan fingerprint density at radius 1 is 1.23 bits per heavy atom. The number of hydrogen-bond acceptors (Lipinski definition) is 1. The van der Waals surface area contributed by atoms with Gasteiger partial charge in [-0.15, -0.1) is 0 Å². The zero-order valence-electron chi connectivity index (χ0n) is 9.39. The van der Waals surface area contributed by atoms with Crippen LogP contribution in [0.15, 0.2) is 0 Å². The van der Waals surface area contributed by atoms with Crippen LogP contribution in [0, 0.1) is 17.3 Å². The Labute approximate surface area is 81.9 Å². The molecule has 0 aromatic carbocycles. The molecule has 0 amide bonds. The third kappa shape index (κ3) is 2.82. The van der Waals surface area contributed by atoms with Crippen molar-refractivity contribution in [1.29, 1.82) is 0 Å². The van der Waals surface area contributed by atoms with E-state index in [1.807, 2.05) is 0 Å². The van der Waals surface area contributed by atoms with Crippen LogP contribution in [-0.2, 0) is 4.79 Å². The summed E-state index contributed by atoms with van der Waals surface area (Å²) in [5.74, 6) is 1.50. The first-order valence-corrected chi connectivity index (χ1v) is 5.41. The summed E-state index contributed by atoms with van der Waals surface area (Å²) < 4.78 is 0. The molecule has 1 saturated carbocycles. The fourth-order valence-corrected chi connectivity index (χ4v) is 2.35. The largest absolute Gasteiger partial charge is 0.300 e. The number of ketones is 1. The summed E-state index contributed by atoms with van der Waals surface area (Å²) in [6.07, 6.45) is 4.81. The van der Waals surface area contributed by atoms with E-state index in [9.17, 15) is 4.79 Å². The molecule has 0 saturated heterocycles. The SMILES string of the molecule is CC(=O)C1CCCC(C(C)(C)C)C1. The minimum absolute atomic E-state index is 0.359. The predicted octanol–water partition coefficient (Wildman–Crippen LogP) is 3.43. The van der Waals surface area contributed by atoms with Gasteiger partial charge in [0, 0.05) is 5.92 Å². The van der Waals surface area contributed by atoms with Crippen molar-refractivity contribution in [2.45, 2.75) is 53.4 Å². The summed E-state index contributed by atoms with van der Waals surface area (Å²) in [6.45, 7) is 8.62. The van der Waals surface area contributed by atoms with E-state index < -0.39 is 0 Å². The summed E-state index contributed by atoms with van der Waals surface area (Å²) in [4.78, 5) is 11.3. The number of Topliss-reactive ketones (excluding diaryl/α,β-unsaturated/α-hetero) is 1. The second-order valence-corrected chi connectivity index (χ2v) is 5.54. The van der Waals surface area contributed by atoms with E-state index in [0.29, 0.717) is 17.1 Å². The Morgan fingerprint density at radius 2 is 1.85 bits per heavy atom. The molecule has 2 atom stereocenters. The maximum absolute atomic E-state index is 11.3. The van der Waals surface area contributed by atoms with Crippen molar-refractivity contribution in [3.63, 3.8) is 0 Å². The second kappa shape index (κ2) is 3.81. The molecule has 0 aromatic heterocycles. The third-order valence-electron chi connectivity index (χ3n) is 3.47. The molecular formula is C12H22O. The number of carbonyl (C=O) groups excluding carboxylic acids is 1. The highest BCUT2D eigenvalue weighted by Crippen LogP contribution is 2.40. The van der Waals surface area contributed by atoms with E-state index in [1.165, 1.54) is 12.8 Å². The van der Waals surface area contributed by atoms with Crippen LogP contribution in [0.2, 0.25) is 0 Å². The molecule has 1 heteroatoms. The Bertz CT molecular complexity index is 188. The lowest BCUT2D eigenvalue weighted by atomic mass is 9.68. The van der Waals surface area contributed by atoms with Crippen LogP contribution in [0.3, 0.4) is 0 Å². The minimum Gasteiger partial charge on any atom is -0.300 e. The molecule has 0 aromatic rings. The van der Waals surface area contributed by atoms with Crippen LogP contribution in [0.25, 0.3) is 0 Å². The van der Waals surface area contributed by atoms with Gasteiger partial charge in [0.05, 0.1) is 0 Å². The normalized spacial score (nSPS) is 30.2. The molecule has 1 aliphatic carbocycles. The van der Waals surface area contributed by atoms with Gasteiger partial charge in [0.25, 0.3) is 0 Å². The van der Waals surface area contributed by atoms with Gasteiger partial charge < -0.3 is 0 Å². The first-order valence-electron chi connectivity index (χ1n) is 5.41. The summed E-state index contributed by atoms with van der Waals surface area (Å²) >= 11 is 0. The Morgan fingerprint density at radius 3 is 2.31 bits per heavy atom. The average molecular weight is 182 g/mol. The summed E-state index contributed by atoms with van der Waals surface area (Å²) in [6, 6.07) is 0. The lowest BCUT2D eigenvalue weighted by Crippen LogP contribution is -2.29. The van der Waals surface area contributed by atoms with Gasteiger partial charge in [-0.3, -0.25) is 4.79 Å². The highest BCUT2D eigenvalue weighted by molar-refractivity contribution is 5.78. The quantitative estimate of drug-likeness (QED) is 0.607. The monoisotopic (exact) mass is 182 g/mol. The maximum Gasteiger partial charge on any atom is 0.132 e. The Hall–Kier alpha value is -0.330. The fourth-order valence-electron chi connectivity index (χ4n) is 2.35. The van der Waals surface area contributed by atoms with Gasteiger partial charge in [0.1, 0.15) is 5.78 Å². The number of carbonyl (C=O) groups is 1. The molecule has 1 nitrogen and oxygen atoms in total. The summed E-state index contributed by atoms with van der Waals surface area (Å²) in [5, 5.41) is 0. The molecule has 1 aliphatic rings. The average Bonchev–Trinajstić information content (AvgIpc) is 2.03. The lowest BCUT2D eigenvalue weighted by Gasteiger charge is -2.36. The fraction of sp³-hybridized carbons (Fsp3) is 0.917. The maximum atomic E-state index is 11.3. The summed E-state index contributed by atoms with van der Waals surface area (Å²) in [5.41, 5.74) is 0.383. The molecule has 0 radical (unpaired) electrons. The van der Waals surface area contributed by atoms with Crippen molar-refractivity contribution in [2.75, 3.05) is 0 Å². The van der Waals surface area contributed by atoms with Gasteiger partial charge in [0.15, 0.2) is 0 Å². The molecule has 1 fully saturated rings. The van der Waals surface area contributed by atoms with Gasteiger partial charge >= 0.3 is 0 Å². The van der Waals surface area contributed by atoms with Crippen molar-refractivity contribution >= 4 is 5.78 Å². The zero-order chi connectivity index (χ0) is 10.1. The van der Waals surface area contributed by atoms with Gasteiger partial charge in [-0.1, -0.05) is 27.2 Å². The Kier molecular flexibility index (Phi) is 3.15. The van der Waals surface area contributed by atoms with Crippen molar-refractivity contribution in [3.8, 4) is 0 Å². The van der Waals surface area contributed by atoms with Crippen molar-refractivity contribution in [3.05, 3.63) is 0 Å². The second-order valence-electron chi connectivity index (χ2n) is 5.54. The van der Waals surface area contributed by atoms with E-state index in [-0.39, 0.29) is 0 Å². The van der Waals surface area contributed by atoms with Crippen LogP contribution >= 0.6 is 0 Å². The van der Waals surface area contributed by atoms with Gasteiger partial charge in [0.2, 0.25) is 0 Å². The van der Waals surface area contributed by atoms with Crippen LogP contribution in [-0.4, -0.2) is 5.78 Å². The van der Waals surface area contributed by atoms with Crippen molar-refractivity contribution in [1.82, 2.24) is 0 Å².